The smallest absolute Gasteiger partial charge is 0.259 e. The second kappa shape index (κ2) is 5.50. The van der Waals surface area contributed by atoms with Crippen LogP contribution in [0.2, 0.25) is 0 Å². The topological polar surface area (TPSA) is 45.8 Å². The number of H-pyrrole nitrogens is 1. The molecule has 5 heteroatoms. The van der Waals surface area contributed by atoms with Gasteiger partial charge in [0.1, 0.15) is 5.82 Å². The van der Waals surface area contributed by atoms with Crippen LogP contribution < -0.4 is 5.56 Å². The monoisotopic (exact) mass is 300 g/mol. The van der Waals surface area contributed by atoms with Gasteiger partial charge >= 0.3 is 0 Å². The van der Waals surface area contributed by atoms with Crippen molar-refractivity contribution in [2.24, 2.45) is 0 Å². The summed E-state index contributed by atoms with van der Waals surface area (Å²) >= 11 is 6.17. The molecule has 0 unspecified atom stereocenters. The quantitative estimate of drug-likeness (QED) is 0.782. The minimum Gasteiger partial charge on any atom is -0.305 e. The number of nitrogens with one attached hydrogen (secondary N) is 1. The fourth-order valence-corrected chi connectivity index (χ4v) is 2.23. The van der Waals surface area contributed by atoms with Crippen molar-refractivity contribution < 1.29 is 4.39 Å². The van der Waals surface area contributed by atoms with E-state index in [0.29, 0.717) is 16.5 Å². The first kappa shape index (κ1) is 13.5. The zero-order valence-corrected chi connectivity index (χ0v) is 11.6. The van der Waals surface area contributed by atoms with E-state index in [4.69, 9.17) is 11.6 Å². The van der Waals surface area contributed by atoms with E-state index in [-0.39, 0.29) is 22.2 Å². The van der Waals surface area contributed by atoms with Crippen molar-refractivity contribution in [3.05, 3.63) is 76.1 Å². The van der Waals surface area contributed by atoms with E-state index >= 15 is 0 Å². The fraction of sp³-hybridized carbons (Fsp3) is 0. The maximum absolute atomic E-state index is 13.1. The van der Waals surface area contributed by atoms with Crippen molar-refractivity contribution in [2.45, 2.75) is 0 Å². The van der Waals surface area contributed by atoms with Gasteiger partial charge in [-0.2, -0.15) is 0 Å². The molecular formula is C16H10ClFN2O. The fourth-order valence-electron chi connectivity index (χ4n) is 2.01. The predicted molar refractivity (Wildman–Crippen MR) is 82.5 cm³/mol. The van der Waals surface area contributed by atoms with Crippen LogP contribution >= 0.6 is 11.6 Å². The highest BCUT2D eigenvalue weighted by molar-refractivity contribution is 6.50. The molecular weight excluding hydrogens is 291 g/mol. The summed E-state index contributed by atoms with van der Waals surface area (Å²) in [6.07, 6.45) is 1.55. The van der Waals surface area contributed by atoms with Gasteiger partial charge in [-0.05, 0) is 35.9 Å². The van der Waals surface area contributed by atoms with E-state index in [1.54, 1.807) is 42.5 Å². The molecule has 104 valence electrons. The first-order chi connectivity index (χ1) is 10.1. The highest BCUT2D eigenvalue weighted by Crippen LogP contribution is 2.20. The molecule has 3 nitrogen and oxygen atoms in total. The summed E-state index contributed by atoms with van der Waals surface area (Å²) in [6.45, 7) is 0. The van der Waals surface area contributed by atoms with Crippen LogP contribution in [-0.2, 0) is 0 Å². The van der Waals surface area contributed by atoms with Crippen LogP contribution in [0.25, 0.3) is 22.0 Å². The average molecular weight is 301 g/mol. The zero-order valence-electron chi connectivity index (χ0n) is 10.8. The zero-order chi connectivity index (χ0) is 14.8. The van der Waals surface area contributed by atoms with Gasteiger partial charge in [0, 0.05) is 0 Å². The molecule has 2 aromatic carbocycles. The molecule has 0 amide bonds. The number of aromatic nitrogens is 2. The van der Waals surface area contributed by atoms with E-state index in [1.165, 1.54) is 12.1 Å². The van der Waals surface area contributed by atoms with Crippen molar-refractivity contribution in [2.75, 3.05) is 0 Å². The number of fused-ring (bicyclic) bond motifs is 1. The van der Waals surface area contributed by atoms with Crippen molar-refractivity contribution >= 4 is 33.6 Å². The van der Waals surface area contributed by atoms with Crippen LogP contribution in [0.5, 0.6) is 0 Å². The van der Waals surface area contributed by atoms with Gasteiger partial charge in [0.05, 0.1) is 15.9 Å². The van der Waals surface area contributed by atoms with E-state index in [2.05, 4.69) is 9.97 Å². The molecule has 0 aliphatic heterocycles. The third kappa shape index (κ3) is 2.85. The highest BCUT2D eigenvalue weighted by atomic mass is 35.5. The first-order valence-corrected chi connectivity index (χ1v) is 6.63. The molecule has 0 aliphatic rings. The van der Waals surface area contributed by atoms with Crippen LogP contribution in [0.1, 0.15) is 11.4 Å². The van der Waals surface area contributed by atoms with E-state index < -0.39 is 0 Å². The summed E-state index contributed by atoms with van der Waals surface area (Å²) in [6, 6.07) is 13.0. The van der Waals surface area contributed by atoms with Gasteiger partial charge in [0.25, 0.3) is 5.56 Å². The predicted octanol–water partition coefficient (Wildman–Crippen LogP) is 3.80. The van der Waals surface area contributed by atoms with Crippen LogP contribution in [0.3, 0.4) is 0 Å². The highest BCUT2D eigenvalue weighted by Gasteiger charge is 2.06. The summed E-state index contributed by atoms with van der Waals surface area (Å²) in [5.41, 5.74) is 0.888. The summed E-state index contributed by atoms with van der Waals surface area (Å²) in [5, 5.41) is 0.736. The third-order valence-corrected chi connectivity index (χ3v) is 3.27. The molecule has 0 fully saturated rings. The molecule has 0 spiro atoms. The number of hydrogen-bond acceptors (Lipinski definition) is 2. The molecule has 0 bridgehead atoms. The Morgan fingerprint density at radius 1 is 1.19 bits per heavy atom. The molecule has 21 heavy (non-hydrogen) atoms. The second-order valence-electron chi connectivity index (χ2n) is 4.48. The lowest BCUT2D eigenvalue weighted by atomic mass is 10.2. The molecule has 0 aliphatic carbocycles. The Kier molecular flexibility index (Phi) is 3.54. The van der Waals surface area contributed by atoms with Gasteiger partial charge in [-0.1, -0.05) is 35.9 Å². The molecule has 0 atom stereocenters. The summed E-state index contributed by atoms with van der Waals surface area (Å²) in [7, 11) is 0. The van der Waals surface area contributed by atoms with Gasteiger partial charge in [-0.25, -0.2) is 9.37 Å². The van der Waals surface area contributed by atoms with Crippen LogP contribution in [0.4, 0.5) is 4.39 Å². The Hall–Kier alpha value is -2.46. The number of nitrogens with zero attached hydrogens (tertiary/aromatic N) is 1. The summed E-state index contributed by atoms with van der Waals surface area (Å²) in [5.74, 6) is -0.0993. The van der Waals surface area contributed by atoms with Gasteiger partial charge < -0.3 is 4.98 Å². The lowest BCUT2D eigenvalue weighted by molar-refractivity contribution is 0.627. The van der Waals surface area contributed by atoms with Crippen LogP contribution in [-0.4, -0.2) is 9.97 Å². The van der Waals surface area contributed by atoms with Gasteiger partial charge in [0.2, 0.25) is 0 Å². The SMILES string of the molecule is O=c1[nH]c(/C(Cl)=C/c2cccc(F)c2)nc2ccccc12. The average Bonchev–Trinajstić information content (AvgIpc) is 2.47. The minimum atomic E-state index is -0.354. The molecule has 0 saturated carbocycles. The van der Waals surface area contributed by atoms with E-state index in [0.717, 1.165) is 0 Å². The number of benzene rings is 2. The molecule has 0 saturated heterocycles. The van der Waals surface area contributed by atoms with Crippen LogP contribution in [0, 0.1) is 5.82 Å². The standard InChI is InChI=1S/C16H10ClFN2O/c17-13(9-10-4-3-5-11(18)8-10)15-19-14-7-2-1-6-12(14)16(21)20-15/h1-9H,(H,19,20,21)/b13-9-. The van der Waals surface area contributed by atoms with Gasteiger partial charge in [-0.3, -0.25) is 4.79 Å². The van der Waals surface area contributed by atoms with Crippen molar-refractivity contribution in [3.8, 4) is 0 Å². The summed E-state index contributed by atoms with van der Waals surface area (Å²) in [4.78, 5) is 18.9. The van der Waals surface area contributed by atoms with Crippen molar-refractivity contribution in [1.29, 1.82) is 0 Å². The van der Waals surface area contributed by atoms with E-state index in [1.807, 2.05) is 0 Å². The lowest BCUT2D eigenvalue weighted by Gasteiger charge is -2.02. The summed E-state index contributed by atoms with van der Waals surface area (Å²) < 4.78 is 13.1. The normalized spacial score (nSPS) is 11.8. The molecule has 0 radical (unpaired) electrons. The van der Waals surface area contributed by atoms with Crippen molar-refractivity contribution in [3.63, 3.8) is 0 Å². The van der Waals surface area contributed by atoms with Gasteiger partial charge in [-0.15, -0.1) is 0 Å². The first-order valence-electron chi connectivity index (χ1n) is 6.26. The Bertz CT molecular complexity index is 902. The Labute approximate surface area is 124 Å². The van der Waals surface area contributed by atoms with Crippen LogP contribution in [0.15, 0.2) is 53.3 Å². The Balaban J connectivity index is 2.09. The number of hydrogen-bond donors (Lipinski definition) is 1. The van der Waals surface area contributed by atoms with E-state index in [9.17, 15) is 9.18 Å². The molecule has 1 heterocycles. The third-order valence-electron chi connectivity index (χ3n) is 2.98. The molecule has 3 aromatic rings. The molecule has 1 aromatic heterocycles. The Morgan fingerprint density at radius 2 is 2.00 bits per heavy atom. The maximum atomic E-state index is 13.1. The molecule has 1 N–H and O–H groups in total. The maximum Gasteiger partial charge on any atom is 0.259 e. The lowest BCUT2D eigenvalue weighted by Crippen LogP contribution is -2.10. The number of rotatable bonds is 2. The number of para-hydroxylation sites is 1. The van der Waals surface area contributed by atoms with Crippen molar-refractivity contribution in [1.82, 2.24) is 9.97 Å². The Morgan fingerprint density at radius 3 is 2.81 bits per heavy atom. The molecule has 3 rings (SSSR count). The minimum absolute atomic E-state index is 0.239. The second-order valence-corrected chi connectivity index (χ2v) is 4.89. The largest absolute Gasteiger partial charge is 0.305 e. The number of halogens is 2. The van der Waals surface area contributed by atoms with Gasteiger partial charge in [0.15, 0.2) is 5.82 Å². The number of aromatic amines is 1.